The molecule has 1 N–H and O–H groups in total. The minimum absolute atomic E-state index is 0.0433. The molecule has 0 bridgehead atoms. The van der Waals surface area contributed by atoms with Gasteiger partial charge in [-0.15, -0.1) is 9.90 Å². The molecular weight excluding hydrogens is 528 g/mol. The van der Waals surface area contributed by atoms with Crippen molar-refractivity contribution in [2.24, 2.45) is 0 Å². The summed E-state index contributed by atoms with van der Waals surface area (Å²) in [6, 6.07) is 6.36. The van der Waals surface area contributed by atoms with E-state index in [-0.39, 0.29) is 28.0 Å². The highest BCUT2D eigenvalue weighted by Crippen LogP contribution is 2.37. The van der Waals surface area contributed by atoms with Gasteiger partial charge in [0.1, 0.15) is 11.4 Å². The molecule has 1 atom stereocenters. The van der Waals surface area contributed by atoms with E-state index in [1.54, 1.807) is 18.2 Å². The summed E-state index contributed by atoms with van der Waals surface area (Å²) in [4.78, 5) is 25.4. The van der Waals surface area contributed by atoms with Crippen molar-refractivity contribution in [3.8, 4) is 17.2 Å². The molecule has 1 aromatic heterocycles. The number of hydrogen-bond acceptors (Lipinski definition) is 7. The van der Waals surface area contributed by atoms with Gasteiger partial charge >= 0.3 is 12.1 Å². The maximum atomic E-state index is 13.0. The van der Waals surface area contributed by atoms with Gasteiger partial charge in [0.25, 0.3) is 5.91 Å². The van der Waals surface area contributed by atoms with Crippen LogP contribution in [0.3, 0.4) is 0 Å². The first-order valence-electron chi connectivity index (χ1n) is 10.1. The van der Waals surface area contributed by atoms with Crippen LogP contribution in [-0.2, 0) is 27.0 Å². The van der Waals surface area contributed by atoms with E-state index < -0.39 is 29.7 Å². The molecule has 1 unspecified atom stereocenters. The van der Waals surface area contributed by atoms with Crippen molar-refractivity contribution in [2.45, 2.75) is 25.7 Å². The maximum Gasteiger partial charge on any atom is 0.416 e. The van der Waals surface area contributed by atoms with E-state index in [1.165, 1.54) is 14.2 Å². The first-order chi connectivity index (χ1) is 16.9. The highest BCUT2D eigenvalue weighted by molar-refractivity contribution is 6.37. The largest absolute Gasteiger partial charge is 0.493 e. The number of halogens is 5. The quantitative estimate of drug-likeness (QED) is 0.414. The molecule has 3 aromatic rings. The van der Waals surface area contributed by atoms with Crippen LogP contribution in [0.4, 0.5) is 13.2 Å². The number of esters is 1. The summed E-state index contributed by atoms with van der Waals surface area (Å²) in [6.45, 7) is 1.14. The SMILES string of the molecule is COc1ccc(CNC(=O)C(OC(C)=O)c2cnn(-c3c(Cl)cc(C(F)(F)F)cc3Cl)n2)cc1OC. The maximum absolute atomic E-state index is 13.0. The lowest BCUT2D eigenvalue weighted by Gasteiger charge is -2.15. The fourth-order valence-corrected chi connectivity index (χ4v) is 3.75. The fourth-order valence-electron chi connectivity index (χ4n) is 3.11. The van der Waals surface area contributed by atoms with Gasteiger partial charge in [-0.05, 0) is 29.8 Å². The molecule has 1 heterocycles. The lowest BCUT2D eigenvalue weighted by Crippen LogP contribution is -2.31. The molecule has 0 aliphatic carbocycles. The Labute approximate surface area is 213 Å². The predicted molar refractivity (Wildman–Crippen MR) is 122 cm³/mol. The first-order valence-corrected chi connectivity index (χ1v) is 10.8. The minimum Gasteiger partial charge on any atom is -0.493 e. The zero-order chi connectivity index (χ0) is 26.6. The van der Waals surface area contributed by atoms with Crippen molar-refractivity contribution in [1.82, 2.24) is 20.3 Å². The van der Waals surface area contributed by atoms with E-state index >= 15 is 0 Å². The third kappa shape index (κ3) is 6.18. The predicted octanol–water partition coefficient (Wildman–Crippen LogP) is 4.53. The summed E-state index contributed by atoms with van der Waals surface area (Å²) in [5.41, 5.74) is -0.651. The normalized spacial score (nSPS) is 12.1. The number of nitrogens with one attached hydrogen (secondary N) is 1. The smallest absolute Gasteiger partial charge is 0.416 e. The molecule has 0 saturated carbocycles. The molecule has 0 saturated heterocycles. The number of carbonyl (C=O) groups is 2. The summed E-state index contributed by atoms with van der Waals surface area (Å²) in [6.07, 6.45) is -5.07. The monoisotopic (exact) mass is 546 g/mol. The van der Waals surface area contributed by atoms with Gasteiger partial charge in [0, 0.05) is 13.5 Å². The number of methoxy groups -OCH3 is 2. The van der Waals surface area contributed by atoms with E-state index in [9.17, 15) is 22.8 Å². The van der Waals surface area contributed by atoms with Crippen LogP contribution in [-0.4, -0.2) is 41.1 Å². The number of benzene rings is 2. The molecule has 1 amide bonds. The number of alkyl halides is 3. The number of rotatable bonds is 8. The number of hydrogen-bond donors (Lipinski definition) is 1. The summed E-state index contributed by atoms with van der Waals surface area (Å²) < 4.78 is 54.6. The van der Waals surface area contributed by atoms with Crippen LogP contribution in [0.2, 0.25) is 10.0 Å². The van der Waals surface area contributed by atoms with E-state index in [2.05, 4.69) is 15.5 Å². The Morgan fingerprint density at radius 1 is 1.08 bits per heavy atom. The van der Waals surface area contributed by atoms with Crippen LogP contribution >= 0.6 is 23.2 Å². The molecule has 36 heavy (non-hydrogen) atoms. The van der Waals surface area contributed by atoms with Crippen molar-refractivity contribution in [3.05, 3.63) is 63.4 Å². The number of carbonyl (C=O) groups excluding carboxylic acids is 2. The molecule has 0 aliphatic heterocycles. The molecule has 0 aliphatic rings. The van der Waals surface area contributed by atoms with Crippen molar-refractivity contribution >= 4 is 35.1 Å². The highest BCUT2D eigenvalue weighted by atomic mass is 35.5. The Bertz CT molecular complexity index is 1260. The Kier molecular flexibility index (Phi) is 8.31. The van der Waals surface area contributed by atoms with E-state index in [4.69, 9.17) is 37.4 Å². The lowest BCUT2D eigenvalue weighted by atomic mass is 10.2. The number of nitrogens with zero attached hydrogens (tertiary/aromatic N) is 3. The van der Waals surface area contributed by atoms with Crippen LogP contribution in [0.15, 0.2) is 36.5 Å². The van der Waals surface area contributed by atoms with Gasteiger partial charge in [0.05, 0.1) is 36.0 Å². The second-order valence-corrected chi connectivity index (χ2v) is 8.06. The molecule has 3 rings (SSSR count). The van der Waals surface area contributed by atoms with Gasteiger partial charge in [0.2, 0.25) is 6.10 Å². The van der Waals surface area contributed by atoms with Crippen LogP contribution in [0.5, 0.6) is 11.5 Å². The van der Waals surface area contributed by atoms with Gasteiger partial charge in [-0.1, -0.05) is 29.3 Å². The van der Waals surface area contributed by atoms with Gasteiger partial charge < -0.3 is 19.5 Å². The Morgan fingerprint density at radius 3 is 2.28 bits per heavy atom. The van der Waals surface area contributed by atoms with Gasteiger partial charge in [-0.2, -0.15) is 18.3 Å². The van der Waals surface area contributed by atoms with Gasteiger partial charge in [-0.3, -0.25) is 9.59 Å². The van der Waals surface area contributed by atoms with Crippen molar-refractivity contribution in [1.29, 1.82) is 0 Å². The van der Waals surface area contributed by atoms with E-state index in [0.29, 0.717) is 29.2 Å². The zero-order valence-electron chi connectivity index (χ0n) is 19.0. The molecule has 14 heteroatoms. The van der Waals surface area contributed by atoms with Crippen LogP contribution in [0.1, 0.15) is 29.8 Å². The summed E-state index contributed by atoms with van der Waals surface area (Å²) in [5, 5.41) is 9.85. The third-order valence-electron chi connectivity index (χ3n) is 4.76. The molecular formula is C22H19Cl2F3N4O5. The Balaban J connectivity index is 1.85. The second-order valence-electron chi connectivity index (χ2n) is 7.24. The van der Waals surface area contributed by atoms with E-state index in [0.717, 1.165) is 17.9 Å². The highest BCUT2D eigenvalue weighted by Gasteiger charge is 2.33. The van der Waals surface area contributed by atoms with Crippen LogP contribution < -0.4 is 14.8 Å². The summed E-state index contributed by atoms with van der Waals surface area (Å²) >= 11 is 12.0. The second kappa shape index (κ2) is 11.0. The summed E-state index contributed by atoms with van der Waals surface area (Å²) in [7, 11) is 2.96. The summed E-state index contributed by atoms with van der Waals surface area (Å²) in [5.74, 6) is -0.547. The van der Waals surface area contributed by atoms with Crippen LogP contribution in [0.25, 0.3) is 5.69 Å². The third-order valence-corrected chi connectivity index (χ3v) is 5.34. The number of amides is 1. The Morgan fingerprint density at radius 2 is 1.72 bits per heavy atom. The van der Waals surface area contributed by atoms with Crippen molar-refractivity contribution < 1.29 is 37.0 Å². The zero-order valence-corrected chi connectivity index (χ0v) is 20.5. The van der Waals surface area contributed by atoms with Crippen molar-refractivity contribution in [3.63, 3.8) is 0 Å². The average Bonchev–Trinajstić information content (AvgIpc) is 3.28. The molecule has 0 radical (unpaired) electrons. The fraction of sp³-hybridized carbons (Fsp3) is 0.273. The standard InChI is InChI=1S/C22H19Cl2F3N4O5/c1-11(32)36-20(21(33)28-9-12-4-5-17(34-2)18(6-12)35-3)16-10-29-31(30-16)19-14(23)7-13(8-15(19)24)22(25,26)27/h4-8,10,20H,9H2,1-3H3,(H,28,33). The molecule has 0 spiro atoms. The average molecular weight is 547 g/mol. The van der Waals surface area contributed by atoms with Gasteiger partial charge in [0.15, 0.2) is 11.5 Å². The Hall–Kier alpha value is -3.51. The molecule has 2 aromatic carbocycles. The number of ether oxygens (including phenoxy) is 3. The van der Waals surface area contributed by atoms with E-state index in [1.807, 2.05) is 0 Å². The first kappa shape index (κ1) is 27.1. The molecule has 0 fully saturated rings. The van der Waals surface area contributed by atoms with Crippen molar-refractivity contribution in [2.75, 3.05) is 14.2 Å². The number of aromatic nitrogens is 3. The minimum atomic E-state index is -4.67. The van der Waals surface area contributed by atoms with Gasteiger partial charge in [-0.25, -0.2) is 0 Å². The lowest BCUT2D eigenvalue weighted by molar-refractivity contribution is -0.154. The van der Waals surface area contributed by atoms with Crippen LogP contribution in [0, 0.1) is 0 Å². The molecule has 192 valence electrons. The molecule has 9 nitrogen and oxygen atoms in total. The topological polar surface area (TPSA) is 105 Å².